The maximum atomic E-state index is 11.7. The molecule has 128 valence electrons. The van der Waals surface area contributed by atoms with Crippen LogP contribution >= 0.6 is 0 Å². The molecule has 0 aliphatic heterocycles. The third kappa shape index (κ3) is 5.07. The topological polar surface area (TPSA) is 77.0 Å². The average molecular weight is 334 g/mol. The number of urea groups is 1. The van der Waals surface area contributed by atoms with E-state index in [-0.39, 0.29) is 12.1 Å². The van der Waals surface area contributed by atoms with Gasteiger partial charge in [0.1, 0.15) is 0 Å². The Balaban J connectivity index is 1.52. The number of anilines is 1. The molecule has 0 spiro atoms. The molecular weight excluding hydrogens is 312 g/mol. The van der Waals surface area contributed by atoms with Gasteiger partial charge in [-0.3, -0.25) is 0 Å². The zero-order valence-corrected chi connectivity index (χ0v) is 14.3. The fourth-order valence-corrected chi connectivity index (χ4v) is 2.58. The first kappa shape index (κ1) is 17.0. The van der Waals surface area contributed by atoms with E-state index in [1.165, 1.54) is 0 Å². The van der Waals surface area contributed by atoms with Crippen LogP contribution in [0, 0.1) is 11.3 Å². The highest BCUT2D eigenvalue weighted by molar-refractivity contribution is 5.89. The van der Waals surface area contributed by atoms with Crippen molar-refractivity contribution in [2.75, 3.05) is 5.32 Å². The Morgan fingerprint density at radius 2 is 2.00 bits per heavy atom. The predicted octanol–water partition coefficient (Wildman–Crippen LogP) is 3.69. The third-order valence-electron chi connectivity index (χ3n) is 4.25. The molecule has 3 rings (SSSR count). The normalized spacial score (nSPS) is 14.4. The number of hydrogen-bond donors (Lipinski definition) is 3. The summed E-state index contributed by atoms with van der Waals surface area (Å²) in [6.07, 6.45) is 2.15. The molecule has 1 saturated carbocycles. The number of nitriles is 1. The van der Waals surface area contributed by atoms with E-state index in [1.807, 2.05) is 42.5 Å². The highest BCUT2D eigenvalue weighted by Gasteiger charge is 2.23. The van der Waals surface area contributed by atoms with Crippen molar-refractivity contribution in [2.45, 2.75) is 38.4 Å². The zero-order valence-electron chi connectivity index (χ0n) is 14.3. The molecule has 0 bridgehead atoms. The highest BCUT2D eigenvalue weighted by atomic mass is 16.2. The lowest BCUT2D eigenvalue weighted by atomic mass is 10.1. The van der Waals surface area contributed by atoms with E-state index in [1.54, 1.807) is 6.07 Å². The number of hydrogen-bond acceptors (Lipinski definition) is 3. The number of nitrogens with one attached hydrogen (secondary N) is 3. The van der Waals surface area contributed by atoms with Crippen LogP contribution in [0.1, 0.15) is 42.5 Å². The van der Waals surface area contributed by atoms with Gasteiger partial charge in [-0.25, -0.2) is 4.79 Å². The van der Waals surface area contributed by atoms with Gasteiger partial charge in [0.15, 0.2) is 0 Å². The van der Waals surface area contributed by atoms with Crippen LogP contribution in [-0.2, 0) is 6.54 Å². The standard InChI is InChI=1S/C20H22N4O/c1-14(22-13-16-4-2-3-15(11-16)12-21)17-5-7-18(8-6-17)23-20(25)24-19-9-10-19/h2-8,11,14,19,22H,9-10,13H2,1H3,(H2,23,24,25). The Hall–Kier alpha value is -2.84. The second-order valence-electron chi connectivity index (χ2n) is 6.41. The lowest BCUT2D eigenvalue weighted by molar-refractivity contribution is 0.251. The summed E-state index contributed by atoms with van der Waals surface area (Å²) >= 11 is 0. The maximum Gasteiger partial charge on any atom is 0.319 e. The van der Waals surface area contributed by atoms with E-state index < -0.39 is 0 Å². The van der Waals surface area contributed by atoms with Gasteiger partial charge in [-0.1, -0.05) is 24.3 Å². The van der Waals surface area contributed by atoms with Crippen LogP contribution in [0.25, 0.3) is 0 Å². The van der Waals surface area contributed by atoms with Gasteiger partial charge in [0, 0.05) is 24.3 Å². The summed E-state index contributed by atoms with van der Waals surface area (Å²) in [7, 11) is 0. The van der Waals surface area contributed by atoms with Crippen molar-refractivity contribution in [3.8, 4) is 6.07 Å². The molecule has 1 fully saturated rings. The summed E-state index contributed by atoms with van der Waals surface area (Å²) in [6.45, 7) is 2.79. The molecule has 25 heavy (non-hydrogen) atoms. The quantitative estimate of drug-likeness (QED) is 0.754. The SMILES string of the molecule is CC(NCc1cccc(C#N)c1)c1ccc(NC(=O)NC2CC2)cc1. The van der Waals surface area contributed by atoms with Crippen molar-refractivity contribution in [1.29, 1.82) is 5.26 Å². The van der Waals surface area contributed by atoms with Crippen molar-refractivity contribution in [3.63, 3.8) is 0 Å². The Morgan fingerprint density at radius 3 is 2.68 bits per heavy atom. The molecule has 0 saturated heterocycles. The molecular formula is C20H22N4O. The lowest BCUT2D eigenvalue weighted by Crippen LogP contribution is -2.30. The average Bonchev–Trinajstić information content (AvgIpc) is 3.44. The van der Waals surface area contributed by atoms with Gasteiger partial charge in [0.2, 0.25) is 0 Å². The largest absolute Gasteiger partial charge is 0.335 e. The third-order valence-corrected chi connectivity index (χ3v) is 4.25. The summed E-state index contributed by atoms with van der Waals surface area (Å²) < 4.78 is 0. The van der Waals surface area contributed by atoms with Gasteiger partial charge in [-0.15, -0.1) is 0 Å². The molecule has 5 heteroatoms. The molecule has 1 aliphatic rings. The second-order valence-corrected chi connectivity index (χ2v) is 6.41. The summed E-state index contributed by atoms with van der Waals surface area (Å²) in [5.74, 6) is 0. The first-order chi connectivity index (χ1) is 12.1. The molecule has 3 N–H and O–H groups in total. The predicted molar refractivity (Wildman–Crippen MR) is 98.0 cm³/mol. The second kappa shape index (κ2) is 7.82. The molecule has 0 radical (unpaired) electrons. The minimum atomic E-state index is -0.140. The Labute approximate surface area is 148 Å². The van der Waals surface area contributed by atoms with E-state index in [0.29, 0.717) is 18.2 Å². The fraction of sp³-hybridized carbons (Fsp3) is 0.300. The smallest absolute Gasteiger partial charge is 0.319 e. The molecule has 1 atom stereocenters. The maximum absolute atomic E-state index is 11.7. The summed E-state index contributed by atoms with van der Waals surface area (Å²) in [5.41, 5.74) is 3.69. The Morgan fingerprint density at radius 1 is 1.24 bits per heavy atom. The minimum Gasteiger partial charge on any atom is -0.335 e. The van der Waals surface area contributed by atoms with Crippen LogP contribution in [0.2, 0.25) is 0 Å². The fourth-order valence-electron chi connectivity index (χ4n) is 2.58. The zero-order chi connectivity index (χ0) is 17.6. The summed E-state index contributed by atoms with van der Waals surface area (Å²) in [4.78, 5) is 11.7. The monoisotopic (exact) mass is 334 g/mol. The molecule has 0 heterocycles. The molecule has 2 aromatic carbocycles. The van der Waals surface area contributed by atoms with Crippen molar-refractivity contribution >= 4 is 11.7 Å². The molecule has 0 aromatic heterocycles. The van der Waals surface area contributed by atoms with Crippen LogP contribution in [0.5, 0.6) is 0 Å². The van der Waals surface area contributed by atoms with Crippen molar-refractivity contribution in [2.24, 2.45) is 0 Å². The molecule has 5 nitrogen and oxygen atoms in total. The van der Waals surface area contributed by atoms with Crippen molar-refractivity contribution in [3.05, 3.63) is 65.2 Å². The summed E-state index contributed by atoms with van der Waals surface area (Å²) in [5, 5.41) is 18.2. The van der Waals surface area contributed by atoms with Gasteiger partial charge >= 0.3 is 6.03 Å². The van der Waals surface area contributed by atoms with Gasteiger partial charge < -0.3 is 16.0 Å². The van der Waals surface area contributed by atoms with Gasteiger partial charge in [-0.05, 0) is 55.2 Å². The first-order valence-corrected chi connectivity index (χ1v) is 8.54. The van der Waals surface area contributed by atoms with Gasteiger partial charge in [0.05, 0.1) is 11.6 Å². The van der Waals surface area contributed by atoms with Crippen LogP contribution < -0.4 is 16.0 Å². The van der Waals surface area contributed by atoms with E-state index in [4.69, 9.17) is 5.26 Å². The van der Waals surface area contributed by atoms with Crippen LogP contribution in [-0.4, -0.2) is 12.1 Å². The van der Waals surface area contributed by atoms with Gasteiger partial charge in [0.25, 0.3) is 0 Å². The van der Waals surface area contributed by atoms with E-state index in [2.05, 4.69) is 28.9 Å². The van der Waals surface area contributed by atoms with Crippen molar-refractivity contribution < 1.29 is 4.79 Å². The molecule has 2 amide bonds. The Kier molecular flexibility index (Phi) is 5.32. The summed E-state index contributed by atoms with van der Waals surface area (Å²) in [6, 6.07) is 18.0. The van der Waals surface area contributed by atoms with E-state index >= 15 is 0 Å². The highest BCUT2D eigenvalue weighted by Crippen LogP contribution is 2.20. The van der Waals surface area contributed by atoms with E-state index in [0.717, 1.165) is 29.7 Å². The first-order valence-electron chi connectivity index (χ1n) is 8.54. The van der Waals surface area contributed by atoms with E-state index in [9.17, 15) is 4.79 Å². The van der Waals surface area contributed by atoms with Gasteiger partial charge in [-0.2, -0.15) is 5.26 Å². The molecule has 1 unspecified atom stereocenters. The van der Waals surface area contributed by atoms with Crippen LogP contribution in [0.15, 0.2) is 48.5 Å². The number of carbonyl (C=O) groups excluding carboxylic acids is 1. The Bertz CT molecular complexity index is 775. The molecule has 1 aliphatic carbocycles. The number of nitrogens with zero attached hydrogens (tertiary/aromatic N) is 1. The number of rotatable bonds is 6. The number of carbonyl (C=O) groups is 1. The van der Waals surface area contributed by atoms with Crippen LogP contribution in [0.4, 0.5) is 10.5 Å². The number of amides is 2. The van der Waals surface area contributed by atoms with Crippen molar-refractivity contribution in [1.82, 2.24) is 10.6 Å². The minimum absolute atomic E-state index is 0.140. The molecule has 2 aromatic rings. The number of benzene rings is 2. The lowest BCUT2D eigenvalue weighted by Gasteiger charge is -2.15. The van der Waals surface area contributed by atoms with Crippen LogP contribution in [0.3, 0.4) is 0 Å².